The van der Waals surface area contributed by atoms with E-state index in [4.69, 9.17) is 0 Å². The zero-order valence-corrected chi connectivity index (χ0v) is 14.7. The molecule has 3 rings (SSSR count). The number of hydrogen-bond donors (Lipinski definition) is 0. The van der Waals surface area contributed by atoms with Crippen LogP contribution in [0.3, 0.4) is 0 Å². The molecule has 0 heterocycles. The van der Waals surface area contributed by atoms with E-state index in [1.807, 2.05) is 30.3 Å². The first-order chi connectivity index (χ1) is 11.6. The van der Waals surface area contributed by atoms with Crippen molar-refractivity contribution in [1.29, 1.82) is 0 Å². The van der Waals surface area contributed by atoms with Crippen LogP contribution in [0.5, 0.6) is 0 Å². The first kappa shape index (κ1) is 16.4. The number of benzene rings is 3. The van der Waals surface area contributed by atoms with Gasteiger partial charge >= 0.3 is 0 Å². The SMILES string of the molecule is Cc1ccc(C(c2ccccc2)c2ccc([N+](=O)[O-])c(Br)c2)cc1. The third kappa shape index (κ3) is 3.39. The van der Waals surface area contributed by atoms with Crippen LogP contribution in [0.2, 0.25) is 0 Å². The van der Waals surface area contributed by atoms with Crippen LogP contribution < -0.4 is 0 Å². The lowest BCUT2D eigenvalue weighted by Gasteiger charge is -2.19. The van der Waals surface area contributed by atoms with Crippen LogP contribution in [0.4, 0.5) is 5.69 Å². The van der Waals surface area contributed by atoms with E-state index in [1.54, 1.807) is 6.07 Å². The molecule has 0 aliphatic rings. The minimum Gasteiger partial charge on any atom is -0.258 e. The van der Waals surface area contributed by atoms with E-state index in [0.29, 0.717) is 4.47 Å². The normalized spacial score (nSPS) is 11.9. The molecule has 24 heavy (non-hydrogen) atoms. The van der Waals surface area contributed by atoms with Crippen LogP contribution in [-0.4, -0.2) is 4.92 Å². The summed E-state index contributed by atoms with van der Waals surface area (Å²) in [6.07, 6.45) is 0. The molecule has 0 N–H and O–H groups in total. The molecule has 1 unspecified atom stereocenters. The van der Waals surface area contributed by atoms with Crippen LogP contribution in [0.15, 0.2) is 77.3 Å². The molecule has 120 valence electrons. The predicted molar refractivity (Wildman–Crippen MR) is 99.4 cm³/mol. The molecule has 0 amide bonds. The number of aryl methyl sites for hydroxylation is 1. The van der Waals surface area contributed by atoms with E-state index in [-0.39, 0.29) is 16.5 Å². The molecule has 0 spiro atoms. The summed E-state index contributed by atoms with van der Waals surface area (Å²) in [6.45, 7) is 2.06. The Morgan fingerprint density at radius 1 is 0.875 bits per heavy atom. The van der Waals surface area contributed by atoms with Crippen molar-refractivity contribution in [3.8, 4) is 0 Å². The lowest BCUT2D eigenvalue weighted by atomic mass is 9.85. The van der Waals surface area contributed by atoms with Crippen molar-refractivity contribution in [2.45, 2.75) is 12.8 Å². The van der Waals surface area contributed by atoms with Gasteiger partial charge in [0.15, 0.2) is 0 Å². The Morgan fingerprint density at radius 3 is 2.04 bits per heavy atom. The Labute approximate surface area is 149 Å². The first-order valence-corrected chi connectivity index (χ1v) is 8.41. The summed E-state index contributed by atoms with van der Waals surface area (Å²) in [6, 6.07) is 23.8. The Kier molecular flexibility index (Phi) is 4.76. The third-order valence-corrected chi connectivity index (χ3v) is 4.68. The Balaban J connectivity index is 2.13. The molecule has 0 aliphatic heterocycles. The van der Waals surface area contributed by atoms with Gasteiger partial charge in [-0.05, 0) is 45.6 Å². The quantitative estimate of drug-likeness (QED) is 0.323. The van der Waals surface area contributed by atoms with Crippen molar-refractivity contribution in [3.63, 3.8) is 0 Å². The number of halogens is 1. The second-order valence-electron chi connectivity index (χ2n) is 5.72. The summed E-state index contributed by atoms with van der Waals surface area (Å²) in [5.74, 6) is 0.0314. The van der Waals surface area contributed by atoms with Crippen LogP contribution >= 0.6 is 15.9 Å². The number of nitro groups is 1. The standard InChI is InChI=1S/C20H16BrNO2/c1-14-7-9-16(10-8-14)20(15-5-3-2-4-6-15)17-11-12-19(22(23)24)18(21)13-17/h2-13,20H,1H3. The minimum atomic E-state index is -0.378. The maximum Gasteiger partial charge on any atom is 0.283 e. The fraction of sp³-hybridized carbons (Fsp3) is 0.100. The maximum atomic E-state index is 11.1. The summed E-state index contributed by atoms with van der Waals surface area (Å²) in [5.41, 5.74) is 4.61. The van der Waals surface area contributed by atoms with E-state index in [9.17, 15) is 10.1 Å². The predicted octanol–water partition coefficient (Wildman–Crippen LogP) is 5.85. The molecule has 0 saturated heterocycles. The van der Waals surface area contributed by atoms with Crippen molar-refractivity contribution in [2.75, 3.05) is 0 Å². The highest BCUT2D eigenvalue weighted by Crippen LogP contribution is 2.35. The van der Waals surface area contributed by atoms with Gasteiger partial charge in [-0.2, -0.15) is 0 Å². The van der Waals surface area contributed by atoms with Crippen molar-refractivity contribution in [2.24, 2.45) is 0 Å². The summed E-state index contributed by atoms with van der Waals surface area (Å²) in [5, 5.41) is 11.1. The summed E-state index contributed by atoms with van der Waals surface area (Å²) in [4.78, 5) is 10.7. The van der Waals surface area contributed by atoms with Gasteiger partial charge in [0.1, 0.15) is 0 Å². The van der Waals surface area contributed by atoms with Crippen molar-refractivity contribution >= 4 is 21.6 Å². The topological polar surface area (TPSA) is 43.1 Å². The maximum absolute atomic E-state index is 11.1. The fourth-order valence-corrected chi connectivity index (χ4v) is 3.37. The number of nitro benzene ring substituents is 1. The number of rotatable bonds is 4. The second-order valence-corrected chi connectivity index (χ2v) is 6.58. The largest absolute Gasteiger partial charge is 0.283 e. The zero-order valence-electron chi connectivity index (χ0n) is 13.1. The molecule has 3 nitrogen and oxygen atoms in total. The second kappa shape index (κ2) is 6.97. The highest BCUT2D eigenvalue weighted by molar-refractivity contribution is 9.10. The summed E-state index contributed by atoms with van der Waals surface area (Å²) < 4.78 is 0.498. The molecular weight excluding hydrogens is 366 g/mol. The van der Waals surface area contributed by atoms with Crippen LogP contribution in [0.25, 0.3) is 0 Å². The molecule has 0 radical (unpaired) electrons. The third-order valence-electron chi connectivity index (χ3n) is 4.05. The molecule has 3 aromatic carbocycles. The molecule has 1 atom stereocenters. The molecule has 0 fully saturated rings. The van der Waals surface area contributed by atoms with Gasteiger partial charge in [-0.1, -0.05) is 66.2 Å². The minimum absolute atomic E-state index is 0.0314. The van der Waals surface area contributed by atoms with Crippen LogP contribution in [0, 0.1) is 17.0 Å². The molecule has 4 heteroatoms. The Bertz CT molecular complexity index is 861. The van der Waals surface area contributed by atoms with Crippen molar-refractivity contribution < 1.29 is 4.92 Å². The highest BCUT2D eigenvalue weighted by atomic mass is 79.9. The molecule has 3 aromatic rings. The Hall–Kier alpha value is -2.46. The average molecular weight is 382 g/mol. The molecular formula is C20H16BrNO2. The lowest BCUT2D eigenvalue weighted by molar-refractivity contribution is -0.385. The summed E-state index contributed by atoms with van der Waals surface area (Å²) in [7, 11) is 0. The average Bonchev–Trinajstić information content (AvgIpc) is 2.58. The van der Waals surface area contributed by atoms with E-state index >= 15 is 0 Å². The van der Waals surface area contributed by atoms with Gasteiger partial charge in [0.2, 0.25) is 0 Å². The first-order valence-electron chi connectivity index (χ1n) is 7.61. The van der Waals surface area contributed by atoms with E-state index in [2.05, 4.69) is 59.3 Å². The fourth-order valence-electron chi connectivity index (χ4n) is 2.83. The van der Waals surface area contributed by atoms with Gasteiger partial charge in [-0.25, -0.2) is 0 Å². The highest BCUT2D eigenvalue weighted by Gasteiger charge is 2.20. The van der Waals surface area contributed by atoms with E-state index < -0.39 is 0 Å². The van der Waals surface area contributed by atoms with Gasteiger partial charge in [0.05, 0.1) is 9.40 Å². The number of hydrogen-bond acceptors (Lipinski definition) is 2. The molecule has 0 aromatic heterocycles. The van der Waals surface area contributed by atoms with E-state index in [0.717, 1.165) is 16.7 Å². The van der Waals surface area contributed by atoms with Crippen LogP contribution in [0.1, 0.15) is 28.2 Å². The van der Waals surface area contributed by atoms with Gasteiger partial charge in [0.25, 0.3) is 5.69 Å². The molecule has 0 saturated carbocycles. The van der Waals surface area contributed by atoms with Gasteiger partial charge < -0.3 is 0 Å². The molecule has 0 aliphatic carbocycles. The monoisotopic (exact) mass is 381 g/mol. The number of nitrogens with zero attached hydrogens (tertiary/aromatic N) is 1. The smallest absolute Gasteiger partial charge is 0.258 e. The Morgan fingerprint density at radius 2 is 1.46 bits per heavy atom. The lowest BCUT2D eigenvalue weighted by Crippen LogP contribution is -2.04. The zero-order chi connectivity index (χ0) is 17.1. The van der Waals surface area contributed by atoms with Gasteiger partial charge in [-0.15, -0.1) is 0 Å². The van der Waals surface area contributed by atoms with Crippen molar-refractivity contribution in [3.05, 3.63) is 110 Å². The van der Waals surface area contributed by atoms with E-state index in [1.165, 1.54) is 5.56 Å². The van der Waals surface area contributed by atoms with Gasteiger partial charge in [-0.3, -0.25) is 10.1 Å². The molecule has 0 bridgehead atoms. The summed E-state index contributed by atoms with van der Waals surface area (Å²) >= 11 is 3.33. The van der Waals surface area contributed by atoms with Crippen molar-refractivity contribution in [1.82, 2.24) is 0 Å². The van der Waals surface area contributed by atoms with Crippen LogP contribution in [-0.2, 0) is 0 Å². The van der Waals surface area contributed by atoms with Gasteiger partial charge in [0, 0.05) is 12.0 Å².